The third-order valence-corrected chi connectivity index (χ3v) is 5.14. The van der Waals surface area contributed by atoms with Crippen LogP contribution in [-0.2, 0) is 0 Å². The molecule has 0 aromatic carbocycles. The summed E-state index contributed by atoms with van der Waals surface area (Å²) in [6.07, 6.45) is 13.7. The quantitative estimate of drug-likeness (QED) is 0.725. The maximum Gasteiger partial charge on any atom is 0.0573 e. The van der Waals surface area contributed by atoms with Crippen molar-refractivity contribution in [3.63, 3.8) is 0 Å². The highest BCUT2D eigenvalue weighted by Gasteiger charge is 2.51. The van der Waals surface area contributed by atoms with Crippen LogP contribution in [0.1, 0.15) is 46.0 Å². The van der Waals surface area contributed by atoms with Gasteiger partial charge in [0.25, 0.3) is 0 Å². The number of fused-ring (bicyclic) bond motifs is 1. The first-order valence-electron chi connectivity index (χ1n) is 6.72. The Morgan fingerprint density at radius 2 is 1.94 bits per heavy atom. The molecule has 17 heavy (non-hydrogen) atoms. The van der Waals surface area contributed by atoms with Gasteiger partial charge in [-0.05, 0) is 48.9 Å². The lowest BCUT2D eigenvalue weighted by atomic mass is 9.62. The maximum atomic E-state index is 10.1. The molecule has 0 spiro atoms. The standard InChI is InChI=1S/C13H24O2.C2H2/c1-9(8-14)10-5-6-11-12(15)4-3-7-13(10,11)2;1-2/h9-12,14-15H,3-8H2,1-2H3;1-2H/t9-,10?,11?,12?,13?;/m1./s1. The molecule has 98 valence electrons. The molecule has 2 rings (SSSR count). The second kappa shape index (κ2) is 5.89. The van der Waals surface area contributed by atoms with Crippen LogP contribution in [0, 0.1) is 36.0 Å². The first kappa shape index (κ1) is 14.5. The molecule has 0 amide bonds. The zero-order valence-corrected chi connectivity index (χ0v) is 11.1. The van der Waals surface area contributed by atoms with E-state index in [-0.39, 0.29) is 6.10 Å². The molecule has 0 radical (unpaired) electrons. The summed E-state index contributed by atoms with van der Waals surface area (Å²) in [5.41, 5.74) is 0.291. The Labute approximate surface area is 105 Å². The van der Waals surface area contributed by atoms with Gasteiger partial charge in [0.05, 0.1) is 6.10 Å². The van der Waals surface area contributed by atoms with Gasteiger partial charge in [-0.1, -0.05) is 20.3 Å². The zero-order valence-electron chi connectivity index (χ0n) is 11.1. The molecule has 0 aromatic heterocycles. The molecule has 0 bridgehead atoms. The van der Waals surface area contributed by atoms with Gasteiger partial charge in [-0.3, -0.25) is 0 Å². The molecule has 2 aliphatic rings. The van der Waals surface area contributed by atoms with Gasteiger partial charge in [-0.25, -0.2) is 0 Å². The third kappa shape index (κ3) is 2.51. The normalized spacial score (nSPS) is 42.1. The van der Waals surface area contributed by atoms with Crippen molar-refractivity contribution >= 4 is 0 Å². The average molecular weight is 238 g/mol. The molecule has 2 nitrogen and oxygen atoms in total. The molecule has 0 saturated heterocycles. The van der Waals surface area contributed by atoms with Crippen molar-refractivity contribution in [1.82, 2.24) is 0 Å². The fourth-order valence-electron chi connectivity index (χ4n) is 4.25. The number of aliphatic hydroxyl groups excluding tert-OH is 2. The average Bonchev–Trinajstić information content (AvgIpc) is 2.69. The molecule has 2 fully saturated rings. The van der Waals surface area contributed by atoms with Crippen LogP contribution in [0.2, 0.25) is 0 Å². The first-order chi connectivity index (χ1) is 8.09. The highest BCUT2D eigenvalue weighted by Crippen LogP contribution is 2.57. The Bertz CT molecular complexity index is 261. The van der Waals surface area contributed by atoms with E-state index >= 15 is 0 Å². The van der Waals surface area contributed by atoms with Gasteiger partial charge in [-0.2, -0.15) is 0 Å². The van der Waals surface area contributed by atoms with E-state index in [1.54, 1.807) is 0 Å². The molecule has 2 heteroatoms. The fourth-order valence-corrected chi connectivity index (χ4v) is 4.25. The minimum atomic E-state index is -0.0837. The molecule has 0 aromatic rings. The van der Waals surface area contributed by atoms with Crippen LogP contribution in [0.5, 0.6) is 0 Å². The molecule has 2 N–H and O–H groups in total. The van der Waals surface area contributed by atoms with Crippen molar-refractivity contribution in [1.29, 1.82) is 0 Å². The zero-order chi connectivity index (χ0) is 13.1. The smallest absolute Gasteiger partial charge is 0.0573 e. The molecule has 5 atom stereocenters. The number of terminal acetylenes is 1. The third-order valence-electron chi connectivity index (χ3n) is 5.14. The summed E-state index contributed by atoms with van der Waals surface area (Å²) in [7, 11) is 0. The first-order valence-corrected chi connectivity index (χ1v) is 6.72. The van der Waals surface area contributed by atoms with E-state index in [0.717, 1.165) is 19.3 Å². The van der Waals surface area contributed by atoms with E-state index in [9.17, 15) is 10.2 Å². The summed E-state index contributed by atoms with van der Waals surface area (Å²) in [5.74, 6) is 1.50. The van der Waals surface area contributed by atoms with Crippen molar-refractivity contribution in [3.05, 3.63) is 0 Å². The van der Waals surface area contributed by atoms with Crippen molar-refractivity contribution in [2.24, 2.45) is 23.2 Å². The minimum Gasteiger partial charge on any atom is -0.396 e. The largest absolute Gasteiger partial charge is 0.396 e. The monoisotopic (exact) mass is 238 g/mol. The molecule has 4 unspecified atom stereocenters. The van der Waals surface area contributed by atoms with Crippen LogP contribution in [0.25, 0.3) is 0 Å². The predicted octanol–water partition coefficient (Wildman–Crippen LogP) is 2.44. The minimum absolute atomic E-state index is 0.0837. The Kier molecular flexibility index (Phi) is 5.04. The van der Waals surface area contributed by atoms with Gasteiger partial charge in [0.15, 0.2) is 0 Å². The van der Waals surface area contributed by atoms with Crippen molar-refractivity contribution in [2.75, 3.05) is 6.61 Å². The summed E-state index contributed by atoms with van der Waals surface area (Å²) in [5, 5.41) is 19.4. The SMILES string of the molecule is C#C.C[C@H](CO)C1CCC2C(O)CCCC21C. The second-order valence-electron chi connectivity index (χ2n) is 5.92. The second-order valence-corrected chi connectivity index (χ2v) is 5.92. The maximum absolute atomic E-state index is 10.1. The van der Waals surface area contributed by atoms with E-state index in [4.69, 9.17) is 0 Å². The molecule has 0 heterocycles. The van der Waals surface area contributed by atoms with Gasteiger partial charge >= 0.3 is 0 Å². The number of hydrogen-bond donors (Lipinski definition) is 2. The fraction of sp³-hybridized carbons (Fsp3) is 0.867. The molecule has 2 saturated carbocycles. The van der Waals surface area contributed by atoms with Crippen molar-refractivity contribution in [3.8, 4) is 12.8 Å². The number of rotatable bonds is 2. The number of aliphatic hydroxyl groups is 2. The van der Waals surface area contributed by atoms with E-state index in [1.807, 2.05) is 0 Å². The summed E-state index contributed by atoms with van der Waals surface area (Å²) in [6.45, 7) is 4.78. The summed E-state index contributed by atoms with van der Waals surface area (Å²) < 4.78 is 0. The van der Waals surface area contributed by atoms with Crippen molar-refractivity contribution < 1.29 is 10.2 Å². The Morgan fingerprint density at radius 1 is 1.29 bits per heavy atom. The van der Waals surface area contributed by atoms with Crippen molar-refractivity contribution in [2.45, 2.75) is 52.1 Å². The summed E-state index contributed by atoms with van der Waals surface area (Å²) in [6, 6.07) is 0. The van der Waals surface area contributed by atoms with Crippen LogP contribution < -0.4 is 0 Å². The highest BCUT2D eigenvalue weighted by molar-refractivity contribution is 5.01. The van der Waals surface area contributed by atoms with Gasteiger partial charge in [-0.15, -0.1) is 12.8 Å². The van der Waals surface area contributed by atoms with Crippen LogP contribution in [0.4, 0.5) is 0 Å². The van der Waals surface area contributed by atoms with Crippen LogP contribution in [0.3, 0.4) is 0 Å². The van der Waals surface area contributed by atoms with E-state index in [1.165, 1.54) is 12.8 Å². The van der Waals surface area contributed by atoms with E-state index < -0.39 is 0 Å². The van der Waals surface area contributed by atoms with Gasteiger partial charge in [0, 0.05) is 6.61 Å². The van der Waals surface area contributed by atoms with Crippen LogP contribution in [-0.4, -0.2) is 22.9 Å². The van der Waals surface area contributed by atoms with Gasteiger partial charge < -0.3 is 10.2 Å². The van der Waals surface area contributed by atoms with Crippen LogP contribution in [0.15, 0.2) is 0 Å². The predicted molar refractivity (Wildman–Crippen MR) is 70.3 cm³/mol. The lowest BCUT2D eigenvalue weighted by molar-refractivity contribution is -0.0321. The Balaban J connectivity index is 0.000000686. The Hall–Kier alpha value is -0.520. The molecule has 2 aliphatic carbocycles. The van der Waals surface area contributed by atoms with Gasteiger partial charge in [0.2, 0.25) is 0 Å². The van der Waals surface area contributed by atoms with E-state index in [0.29, 0.717) is 29.8 Å². The van der Waals surface area contributed by atoms with Crippen LogP contribution >= 0.6 is 0 Å². The number of hydrogen-bond acceptors (Lipinski definition) is 2. The Morgan fingerprint density at radius 3 is 2.53 bits per heavy atom. The molecular formula is C15H26O2. The summed E-state index contributed by atoms with van der Waals surface area (Å²) in [4.78, 5) is 0. The lowest BCUT2D eigenvalue weighted by Gasteiger charge is -2.45. The summed E-state index contributed by atoms with van der Waals surface area (Å²) >= 11 is 0. The topological polar surface area (TPSA) is 40.5 Å². The van der Waals surface area contributed by atoms with E-state index in [2.05, 4.69) is 26.7 Å². The van der Waals surface area contributed by atoms with Gasteiger partial charge in [0.1, 0.15) is 0 Å². The lowest BCUT2D eigenvalue weighted by Crippen LogP contribution is -2.41. The molecule has 0 aliphatic heterocycles. The molecular weight excluding hydrogens is 212 g/mol. The highest BCUT2D eigenvalue weighted by atomic mass is 16.3.